The molecule has 2 aliphatic rings. The molecule has 2 aromatic rings. The van der Waals surface area contributed by atoms with Gasteiger partial charge in [0.1, 0.15) is 11.7 Å². The van der Waals surface area contributed by atoms with Crippen LogP contribution in [-0.4, -0.2) is 56.6 Å². The maximum atomic E-state index is 11.1. The van der Waals surface area contributed by atoms with Crippen molar-refractivity contribution in [2.75, 3.05) is 19.6 Å². The fourth-order valence-corrected chi connectivity index (χ4v) is 4.03. The number of hydrogen-bond donors (Lipinski definition) is 2. The van der Waals surface area contributed by atoms with Crippen LogP contribution < -0.4 is 5.32 Å². The highest BCUT2D eigenvalue weighted by atomic mass is 16.4. The average molecular weight is 369 g/mol. The van der Waals surface area contributed by atoms with Gasteiger partial charge in [0.2, 0.25) is 0 Å². The van der Waals surface area contributed by atoms with Crippen LogP contribution in [0, 0.1) is 0 Å². The van der Waals surface area contributed by atoms with Gasteiger partial charge in [-0.05, 0) is 37.9 Å². The second-order valence-electron chi connectivity index (χ2n) is 7.66. The molecule has 27 heavy (non-hydrogen) atoms. The van der Waals surface area contributed by atoms with E-state index in [1.807, 2.05) is 6.20 Å². The van der Waals surface area contributed by atoms with Crippen LogP contribution in [0.2, 0.25) is 0 Å². The van der Waals surface area contributed by atoms with Gasteiger partial charge in [0.05, 0.1) is 12.2 Å². The highest BCUT2D eigenvalue weighted by molar-refractivity contribution is 5.73. The Morgan fingerprint density at radius 2 is 1.89 bits per heavy atom. The summed E-state index contributed by atoms with van der Waals surface area (Å²) in [6.45, 7) is 4.01. The predicted molar refractivity (Wildman–Crippen MR) is 102 cm³/mol. The smallest absolute Gasteiger partial charge is 0.320 e. The normalized spacial score (nSPS) is 24.0. The highest BCUT2D eigenvalue weighted by Gasteiger charge is 2.30. The van der Waals surface area contributed by atoms with E-state index < -0.39 is 12.0 Å². The number of aliphatic carboxylic acids is 1. The molecule has 0 aliphatic carbocycles. The average Bonchev–Trinajstić information content (AvgIpc) is 3.28. The summed E-state index contributed by atoms with van der Waals surface area (Å²) in [6, 6.07) is 8.10. The number of carboxylic acids is 1. The highest BCUT2D eigenvalue weighted by Crippen LogP contribution is 2.23. The Hall–Kier alpha value is -2.25. The summed E-state index contributed by atoms with van der Waals surface area (Å²) < 4.78 is 1.79. The molecule has 2 aliphatic heterocycles. The zero-order valence-electron chi connectivity index (χ0n) is 15.5. The van der Waals surface area contributed by atoms with Crippen LogP contribution in [0.5, 0.6) is 0 Å². The van der Waals surface area contributed by atoms with Crippen molar-refractivity contribution in [1.29, 1.82) is 0 Å². The molecule has 2 atom stereocenters. The lowest BCUT2D eigenvalue weighted by molar-refractivity contribution is -0.139. The summed E-state index contributed by atoms with van der Waals surface area (Å²) in [7, 11) is 0. The van der Waals surface area contributed by atoms with E-state index in [1.165, 1.54) is 44.3 Å². The van der Waals surface area contributed by atoms with Crippen LogP contribution in [0.4, 0.5) is 0 Å². The topological polar surface area (TPSA) is 83.3 Å². The lowest BCUT2D eigenvalue weighted by Crippen LogP contribution is -2.29. The van der Waals surface area contributed by atoms with Gasteiger partial charge in [-0.1, -0.05) is 42.3 Å². The van der Waals surface area contributed by atoms with Crippen molar-refractivity contribution in [2.45, 2.75) is 50.7 Å². The number of carboxylic acid groups (broad SMARTS) is 1. The summed E-state index contributed by atoms with van der Waals surface area (Å²) in [6.07, 6.45) is 7.77. The maximum absolute atomic E-state index is 11.1. The van der Waals surface area contributed by atoms with Crippen molar-refractivity contribution < 1.29 is 9.90 Å². The maximum Gasteiger partial charge on any atom is 0.320 e. The molecular formula is C20H27N5O2. The Labute approximate surface area is 159 Å². The molecule has 1 aromatic heterocycles. The Kier molecular flexibility index (Phi) is 5.50. The van der Waals surface area contributed by atoms with Crippen LogP contribution in [0.15, 0.2) is 30.5 Å². The van der Waals surface area contributed by atoms with E-state index in [0.717, 1.165) is 17.8 Å². The molecule has 1 aromatic carbocycles. The van der Waals surface area contributed by atoms with E-state index in [0.29, 0.717) is 13.0 Å². The van der Waals surface area contributed by atoms with E-state index in [9.17, 15) is 4.79 Å². The second kappa shape index (κ2) is 8.19. The molecule has 0 unspecified atom stereocenters. The third-order valence-corrected chi connectivity index (χ3v) is 5.64. The molecule has 2 saturated heterocycles. The molecule has 7 heteroatoms. The first-order valence-corrected chi connectivity index (χ1v) is 9.89. The van der Waals surface area contributed by atoms with Gasteiger partial charge in [0.25, 0.3) is 0 Å². The summed E-state index contributed by atoms with van der Waals surface area (Å²) >= 11 is 0. The van der Waals surface area contributed by atoms with Crippen molar-refractivity contribution in [1.82, 2.24) is 25.2 Å². The van der Waals surface area contributed by atoms with Gasteiger partial charge >= 0.3 is 5.97 Å². The quantitative estimate of drug-likeness (QED) is 0.842. The minimum absolute atomic E-state index is 0.0367. The first kappa shape index (κ1) is 18.1. The molecule has 144 valence electrons. The van der Waals surface area contributed by atoms with E-state index in [-0.39, 0.29) is 6.04 Å². The lowest BCUT2D eigenvalue weighted by atomic mass is 10.1. The molecule has 7 nitrogen and oxygen atoms in total. The van der Waals surface area contributed by atoms with Crippen molar-refractivity contribution in [2.24, 2.45) is 0 Å². The van der Waals surface area contributed by atoms with E-state index in [1.54, 1.807) is 4.68 Å². The Balaban J connectivity index is 1.39. The minimum Gasteiger partial charge on any atom is -0.480 e. The third-order valence-electron chi connectivity index (χ3n) is 5.64. The van der Waals surface area contributed by atoms with E-state index in [2.05, 4.69) is 44.8 Å². The molecule has 3 heterocycles. The van der Waals surface area contributed by atoms with Gasteiger partial charge < -0.3 is 10.4 Å². The Morgan fingerprint density at radius 1 is 1.15 bits per heavy atom. The number of carbonyl (C=O) groups is 1. The number of nitrogens with one attached hydrogen (secondary N) is 1. The van der Waals surface area contributed by atoms with Gasteiger partial charge in [-0.3, -0.25) is 9.69 Å². The van der Waals surface area contributed by atoms with Crippen LogP contribution in [-0.2, 0) is 11.3 Å². The number of aromatic nitrogens is 3. The SMILES string of the molecule is O=C(O)[C@@H]1C[C@H](n2cc(-c3ccc(CN4CCCCCC4)cc3)nn2)CN1. The van der Waals surface area contributed by atoms with Gasteiger partial charge in [-0.2, -0.15) is 0 Å². The molecule has 0 spiro atoms. The fourth-order valence-electron chi connectivity index (χ4n) is 4.03. The zero-order valence-corrected chi connectivity index (χ0v) is 15.5. The second-order valence-corrected chi connectivity index (χ2v) is 7.66. The predicted octanol–water partition coefficient (Wildman–Crippen LogP) is 2.31. The summed E-state index contributed by atoms with van der Waals surface area (Å²) in [5.74, 6) is -0.808. The number of likely N-dealkylation sites (tertiary alicyclic amines) is 1. The van der Waals surface area contributed by atoms with Gasteiger partial charge in [0, 0.05) is 18.7 Å². The van der Waals surface area contributed by atoms with Crippen molar-refractivity contribution in [3.05, 3.63) is 36.0 Å². The van der Waals surface area contributed by atoms with Crippen molar-refractivity contribution in [3.8, 4) is 11.3 Å². The third kappa shape index (κ3) is 4.36. The van der Waals surface area contributed by atoms with Crippen LogP contribution >= 0.6 is 0 Å². The molecular weight excluding hydrogens is 342 g/mol. The van der Waals surface area contributed by atoms with Gasteiger partial charge in [-0.25, -0.2) is 4.68 Å². The Bertz CT molecular complexity index is 765. The minimum atomic E-state index is -0.808. The first-order valence-electron chi connectivity index (χ1n) is 9.89. The number of hydrogen-bond acceptors (Lipinski definition) is 5. The molecule has 2 N–H and O–H groups in total. The zero-order chi connectivity index (χ0) is 18.6. The number of nitrogens with zero attached hydrogens (tertiary/aromatic N) is 4. The van der Waals surface area contributed by atoms with Crippen LogP contribution in [0.3, 0.4) is 0 Å². The fraction of sp³-hybridized carbons (Fsp3) is 0.550. The first-order chi connectivity index (χ1) is 13.2. The largest absolute Gasteiger partial charge is 0.480 e. The molecule has 0 bridgehead atoms. The van der Waals surface area contributed by atoms with Gasteiger partial charge in [0.15, 0.2) is 0 Å². The molecule has 4 rings (SSSR count). The van der Waals surface area contributed by atoms with Crippen LogP contribution in [0.1, 0.15) is 43.7 Å². The molecule has 0 amide bonds. The molecule has 2 fully saturated rings. The standard InChI is InChI=1S/C20H27N5O2/c26-20(27)18-11-17(12-21-18)25-14-19(22-23-25)16-7-5-15(6-8-16)13-24-9-3-1-2-4-10-24/h5-8,14,17-18,21H,1-4,9-13H2,(H,26,27)/t17-,18-/m0/s1. The summed E-state index contributed by atoms with van der Waals surface area (Å²) in [5.41, 5.74) is 3.20. The number of rotatable bonds is 5. The van der Waals surface area contributed by atoms with Crippen molar-refractivity contribution >= 4 is 5.97 Å². The number of benzene rings is 1. The van der Waals surface area contributed by atoms with E-state index >= 15 is 0 Å². The summed E-state index contributed by atoms with van der Waals surface area (Å²) in [5, 5.41) is 20.6. The molecule has 0 radical (unpaired) electrons. The Morgan fingerprint density at radius 3 is 2.56 bits per heavy atom. The lowest BCUT2D eigenvalue weighted by Gasteiger charge is -2.19. The van der Waals surface area contributed by atoms with Crippen molar-refractivity contribution in [3.63, 3.8) is 0 Å². The van der Waals surface area contributed by atoms with E-state index in [4.69, 9.17) is 5.11 Å². The molecule has 0 saturated carbocycles. The van der Waals surface area contributed by atoms with Gasteiger partial charge in [-0.15, -0.1) is 5.10 Å². The van der Waals surface area contributed by atoms with Crippen LogP contribution in [0.25, 0.3) is 11.3 Å². The monoisotopic (exact) mass is 369 g/mol. The summed E-state index contributed by atoms with van der Waals surface area (Å²) in [4.78, 5) is 13.6.